The Kier molecular flexibility index (Phi) is 7.79. The number of aliphatic hydroxyl groups is 1. The molecule has 0 aromatic heterocycles. The van der Waals surface area contributed by atoms with E-state index in [1.165, 1.54) is 30.2 Å². The van der Waals surface area contributed by atoms with Crippen molar-refractivity contribution >= 4 is 5.91 Å². The molecule has 1 aliphatic rings. The van der Waals surface area contributed by atoms with Crippen LogP contribution in [-0.4, -0.2) is 29.7 Å². The van der Waals surface area contributed by atoms with Crippen molar-refractivity contribution in [1.29, 1.82) is 0 Å². The van der Waals surface area contributed by atoms with Gasteiger partial charge in [0, 0.05) is 25.1 Å². The summed E-state index contributed by atoms with van der Waals surface area (Å²) < 4.78 is 27.2. The summed E-state index contributed by atoms with van der Waals surface area (Å²) in [6.45, 7) is 3.76. The molecule has 1 fully saturated rings. The van der Waals surface area contributed by atoms with Gasteiger partial charge in [-0.2, -0.15) is 0 Å². The average molecular weight is 431 g/mol. The highest BCUT2D eigenvalue weighted by molar-refractivity contribution is 5.73. The van der Waals surface area contributed by atoms with Crippen LogP contribution in [0.15, 0.2) is 42.5 Å². The van der Waals surface area contributed by atoms with Gasteiger partial charge in [-0.05, 0) is 54.5 Å². The van der Waals surface area contributed by atoms with Gasteiger partial charge in [-0.25, -0.2) is 8.78 Å². The number of aliphatic hydroxyl groups excluding tert-OH is 1. The van der Waals surface area contributed by atoms with Gasteiger partial charge in [0.2, 0.25) is 5.91 Å². The third-order valence-electron chi connectivity index (χ3n) is 6.23. The number of amides is 1. The molecule has 3 N–H and O–H groups in total. The monoisotopic (exact) mass is 430 g/mol. The second kappa shape index (κ2) is 10.3. The molecule has 0 saturated heterocycles. The molecule has 168 valence electrons. The first-order valence-electron chi connectivity index (χ1n) is 11.1. The van der Waals surface area contributed by atoms with E-state index in [0.717, 1.165) is 38.2 Å². The number of aryl methyl sites for hydroxylation is 1. The molecule has 0 aliphatic heterocycles. The molecule has 1 aliphatic carbocycles. The molecule has 31 heavy (non-hydrogen) atoms. The zero-order valence-corrected chi connectivity index (χ0v) is 18.3. The van der Waals surface area contributed by atoms with E-state index < -0.39 is 23.8 Å². The van der Waals surface area contributed by atoms with Crippen LogP contribution in [0.4, 0.5) is 8.78 Å². The van der Waals surface area contributed by atoms with Gasteiger partial charge >= 0.3 is 0 Å². The molecule has 0 bridgehead atoms. The molecule has 3 rings (SSSR count). The van der Waals surface area contributed by atoms with Crippen molar-refractivity contribution in [3.05, 3.63) is 70.8 Å². The van der Waals surface area contributed by atoms with Crippen LogP contribution in [-0.2, 0) is 23.2 Å². The highest BCUT2D eigenvalue weighted by atomic mass is 19.1. The third-order valence-corrected chi connectivity index (χ3v) is 6.23. The van der Waals surface area contributed by atoms with Crippen LogP contribution in [0, 0.1) is 11.6 Å². The van der Waals surface area contributed by atoms with Gasteiger partial charge in [0.1, 0.15) is 11.6 Å². The quantitative estimate of drug-likeness (QED) is 0.564. The van der Waals surface area contributed by atoms with E-state index >= 15 is 0 Å². The molecule has 0 spiro atoms. The van der Waals surface area contributed by atoms with Gasteiger partial charge < -0.3 is 15.7 Å². The Bertz CT molecular complexity index is 877. The number of benzene rings is 2. The minimum atomic E-state index is -0.915. The van der Waals surface area contributed by atoms with Crippen molar-refractivity contribution in [2.24, 2.45) is 0 Å². The second-order valence-corrected chi connectivity index (χ2v) is 8.58. The summed E-state index contributed by atoms with van der Waals surface area (Å²) >= 11 is 0. The van der Waals surface area contributed by atoms with Crippen LogP contribution >= 0.6 is 0 Å². The summed E-state index contributed by atoms with van der Waals surface area (Å²) in [6, 6.07) is 11.2. The molecule has 1 amide bonds. The van der Waals surface area contributed by atoms with Crippen molar-refractivity contribution in [3.63, 3.8) is 0 Å². The lowest BCUT2D eigenvalue weighted by Crippen LogP contribution is -2.51. The first-order chi connectivity index (χ1) is 14.8. The molecule has 6 heteroatoms. The lowest BCUT2D eigenvalue weighted by Gasteiger charge is -2.34. The van der Waals surface area contributed by atoms with Crippen molar-refractivity contribution < 1.29 is 18.7 Å². The maximum absolute atomic E-state index is 13.6. The smallest absolute Gasteiger partial charge is 0.217 e. The second-order valence-electron chi connectivity index (χ2n) is 8.58. The zero-order valence-electron chi connectivity index (χ0n) is 18.3. The summed E-state index contributed by atoms with van der Waals surface area (Å²) in [6.07, 6.45) is 4.35. The summed E-state index contributed by atoms with van der Waals surface area (Å²) in [5, 5.41) is 17.2. The molecular weight excluding hydrogens is 398 g/mol. The van der Waals surface area contributed by atoms with Crippen molar-refractivity contribution in [2.75, 3.05) is 6.54 Å². The molecule has 2 aromatic carbocycles. The molecule has 2 aromatic rings. The van der Waals surface area contributed by atoms with Gasteiger partial charge in [-0.3, -0.25) is 4.79 Å². The SMILES string of the molecule is CCc1cccc(C2(NC[C@@H](O)[C@H](Cc3cc(F)cc(F)c3)NC(C)=O)CCCC2)c1. The highest BCUT2D eigenvalue weighted by Gasteiger charge is 2.36. The van der Waals surface area contributed by atoms with Gasteiger partial charge in [-0.1, -0.05) is 44.0 Å². The number of carbonyl (C=O) groups is 1. The number of hydrogen-bond donors (Lipinski definition) is 3. The largest absolute Gasteiger partial charge is 0.390 e. The highest BCUT2D eigenvalue weighted by Crippen LogP contribution is 2.39. The topological polar surface area (TPSA) is 61.4 Å². The lowest BCUT2D eigenvalue weighted by molar-refractivity contribution is -0.120. The Balaban J connectivity index is 1.75. The van der Waals surface area contributed by atoms with Crippen LogP contribution in [0.3, 0.4) is 0 Å². The fraction of sp³-hybridized carbons (Fsp3) is 0.480. The predicted octanol–water partition coefficient (Wildman–Crippen LogP) is 3.99. The molecule has 1 saturated carbocycles. The lowest BCUT2D eigenvalue weighted by atomic mass is 9.86. The Morgan fingerprint density at radius 3 is 2.39 bits per heavy atom. The van der Waals surface area contributed by atoms with Gasteiger partial charge in [0.05, 0.1) is 12.1 Å². The maximum Gasteiger partial charge on any atom is 0.217 e. The van der Waals surface area contributed by atoms with Crippen LogP contribution in [0.2, 0.25) is 0 Å². The van der Waals surface area contributed by atoms with Gasteiger partial charge in [-0.15, -0.1) is 0 Å². The van der Waals surface area contributed by atoms with E-state index in [1.54, 1.807) is 0 Å². The normalized spacial score (nSPS) is 17.3. The Labute approximate surface area is 183 Å². The van der Waals surface area contributed by atoms with E-state index in [2.05, 4.69) is 41.8 Å². The Morgan fingerprint density at radius 2 is 1.77 bits per heavy atom. The maximum atomic E-state index is 13.6. The van der Waals surface area contributed by atoms with E-state index in [-0.39, 0.29) is 24.4 Å². The van der Waals surface area contributed by atoms with Crippen LogP contribution < -0.4 is 10.6 Å². The zero-order chi connectivity index (χ0) is 22.4. The van der Waals surface area contributed by atoms with Gasteiger partial charge in [0.15, 0.2) is 0 Å². The first-order valence-corrected chi connectivity index (χ1v) is 11.1. The number of nitrogens with one attached hydrogen (secondary N) is 2. The van der Waals surface area contributed by atoms with E-state index in [9.17, 15) is 18.7 Å². The summed E-state index contributed by atoms with van der Waals surface area (Å²) in [7, 11) is 0. The number of rotatable bonds is 9. The van der Waals surface area contributed by atoms with Crippen molar-refractivity contribution in [2.45, 2.75) is 70.1 Å². The summed E-state index contributed by atoms with van der Waals surface area (Å²) in [5.74, 6) is -1.65. The standard InChI is InChI=1S/C25H32F2N2O2/c1-3-18-7-6-8-20(11-18)25(9-4-5-10-25)28-16-24(31)23(29-17(2)30)14-19-12-21(26)15-22(27)13-19/h6-8,11-13,15,23-24,28,31H,3-5,9-10,14,16H2,1-2H3,(H,29,30)/t23-,24+/m0/s1. The first kappa shape index (κ1) is 23.4. The minimum absolute atomic E-state index is 0.134. The van der Waals surface area contributed by atoms with Crippen LogP contribution in [0.25, 0.3) is 0 Å². The van der Waals surface area contributed by atoms with Crippen LogP contribution in [0.5, 0.6) is 0 Å². The molecular formula is C25H32F2N2O2. The minimum Gasteiger partial charge on any atom is -0.390 e. The summed E-state index contributed by atoms with van der Waals surface area (Å²) in [4.78, 5) is 11.7. The van der Waals surface area contributed by atoms with Crippen molar-refractivity contribution in [3.8, 4) is 0 Å². The fourth-order valence-corrected chi connectivity index (χ4v) is 4.60. The Hall–Kier alpha value is -2.31. The van der Waals surface area contributed by atoms with E-state index in [1.807, 2.05) is 0 Å². The predicted molar refractivity (Wildman–Crippen MR) is 118 cm³/mol. The van der Waals surface area contributed by atoms with E-state index in [4.69, 9.17) is 0 Å². The molecule has 0 radical (unpaired) electrons. The number of carbonyl (C=O) groups excluding carboxylic acids is 1. The fourth-order valence-electron chi connectivity index (χ4n) is 4.60. The Morgan fingerprint density at radius 1 is 1.10 bits per heavy atom. The number of hydrogen-bond acceptors (Lipinski definition) is 3. The molecule has 0 unspecified atom stereocenters. The molecule has 2 atom stereocenters. The van der Waals surface area contributed by atoms with E-state index in [0.29, 0.717) is 5.56 Å². The summed E-state index contributed by atoms with van der Waals surface area (Å²) in [5.41, 5.74) is 2.68. The molecule has 0 heterocycles. The molecule has 4 nitrogen and oxygen atoms in total. The average Bonchev–Trinajstić information content (AvgIpc) is 3.21. The van der Waals surface area contributed by atoms with Gasteiger partial charge in [0.25, 0.3) is 0 Å². The van der Waals surface area contributed by atoms with Crippen molar-refractivity contribution in [1.82, 2.24) is 10.6 Å². The number of halogens is 2. The third kappa shape index (κ3) is 6.11. The van der Waals surface area contributed by atoms with Crippen LogP contribution in [0.1, 0.15) is 56.2 Å².